The SMILES string of the molecule is CC(C)(C(=O)O)C(=O)NC1CCCc2ccccc21. The number of aryl methyl sites for hydroxylation is 1. The summed E-state index contributed by atoms with van der Waals surface area (Å²) in [6, 6.07) is 7.94. The van der Waals surface area contributed by atoms with E-state index < -0.39 is 17.3 Å². The zero-order valence-electron chi connectivity index (χ0n) is 11.3. The largest absolute Gasteiger partial charge is 0.480 e. The van der Waals surface area contributed by atoms with Crippen molar-refractivity contribution in [1.29, 1.82) is 0 Å². The highest BCUT2D eigenvalue weighted by Crippen LogP contribution is 2.30. The van der Waals surface area contributed by atoms with Gasteiger partial charge in [0.1, 0.15) is 5.41 Å². The minimum Gasteiger partial charge on any atom is -0.480 e. The molecule has 1 aliphatic rings. The first-order chi connectivity index (χ1) is 8.93. The molecular weight excluding hydrogens is 242 g/mol. The molecule has 1 unspecified atom stereocenters. The van der Waals surface area contributed by atoms with E-state index in [1.54, 1.807) is 0 Å². The minimum atomic E-state index is -1.40. The Morgan fingerprint density at radius 2 is 2.00 bits per heavy atom. The number of amides is 1. The first-order valence-corrected chi connectivity index (χ1v) is 6.55. The maximum Gasteiger partial charge on any atom is 0.318 e. The Kier molecular flexibility index (Phi) is 3.60. The molecular formula is C15H19NO3. The second kappa shape index (κ2) is 5.03. The molecule has 0 aromatic heterocycles. The van der Waals surface area contributed by atoms with Gasteiger partial charge in [0.05, 0.1) is 6.04 Å². The van der Waals surface area contributed by atoms with Gasteiger partial charge in [0.15, 0.2) is 0 Å². The van der Waals surface area contributed by atoms with Gasteiger partial charge in [-0.05, 0) is 44.2 Å². The number of hydrogen-bond acceptors (Lipinski definition) is 2. The molecule has 1 atom stereocenters. The van der Waals surface area contributed by atoms with E-state index in [0.29, 0.717) is 0 Å². The fourth-order valence-corrected chi connectivity index (χ4v) is 2.34. The highest BCUT2D eigenvalue weighted by molar-refractivity contribution is 6.01. The second-order valence-electron chi connectivity index (χ2n) is 5.55. The van der Waals surface area contributed by atoms with Gasteiger partial charge in [-0.2, -0.15) is 0 Å². The van der Waals surface area contributed by atoms with Gasteiger partial charge in [0, 0.05) is 0 Å². The lowest BCUT2D eigenvalue weighted by Crippen LogP contribution is -2.44. The maximum atomic E-state index is 12.1. The van der Waals surface area contributed by atoms with E-state index in [0.717, 1.165) is 24.8 Å². The number of nitrogens with one attached hydrogen (secondary N) is 1. The zero-order valence-corrected chi connectivity index (χ0v) is 11.3. The predicted molar refractivity (Wildman–Crippen MR) is 71.7 cm³/mol. The van der Waals surface area contributed by atoms with Crippen LogP contribution in [0.5, 0.6) is 0 Å². The molecule has 2 N–H and O–H groups in total. The van der Waals surface area contributed by atoms with Crippen molar-refractivity contribution in [3.8, 4) is 0 Å². The topological polar surface area (TPSA) is 66.4 Å². The van der Waals surface area contributed by atoms with Crippen LogP contribution in [0.4, 0.5) is 0 Å². The summed E-state index contributed by atoms with van der Waals surface area (Å²) in [6.45, 7) is 2.86. The standard InChI is InChI=1S/C15H19NO3/c1-15(2,14(18)19)13(17)16-12-9-5-7-10-6-3-4-8-11(10)12/h3-4,6,8,12H,5,7,9H2,1-2H3,(H,16,17)(H,18,19). The molecule has 0 saturated carbocycles. The molecule has 1 amide bonds. The lowest BCUT2D eigenvalue weighted by Gasteiger charge is -2.29. The Labute approximate surface area is 112 Å². The van der Waals surface area contributed by atoms with Crippen molar-refractivity contribution in [2.75, 3.05) is 0 Å². The number of aliphatic carboxylic acids is 1. The highest BCUT2D eigenvalue weighted by Gasteiger charge is 2.37. The van der Waals surface area contributed by atoms with E-state index in [4.69, 9.17) is 5.11 Å². The van der Waals surface area contributed by atoms with E-state index >= 15 is 0 Å². The van der Waals surface area contributed by atoms with Crippen molar-refractivity contribution >= 4 is 11.9 Å². The molecule has 4 nitrogen and oxygen atoms in total. The van der Waals surface area contributed by atoms with Crippen molar-refractivity contribution in [1.82, 2.24) is 5.32 Å². The summed E-state index contributed by atoms with van der Waals surface area (Å²) in [5.41, 5.74) is 0.960. The van der Waals surface area contributed by atoms with E-state index in [2.05, 4.69) is 11.4 Å². The van der Waals surface area contributed by atoms with E-state index in [1.807, 2.05) is 18.2 Å². The third-order valence-corrected chi connectivity index (χ3v) is 3.78. The molecule has 1 aromatic carbocycles. The first kappa shape index (κ1) is 13.6. The Morgan fingerprint density at radius 3 is 2.68 bits per heavy atom. The maximum absolute atomic E-state index is 12.1. The third kappa shape index (κ3) is 2.62. The van der Waals surface area contributed by atoms with E-state index in [-0.39, 0.29) is 6.04 Å². The molecule has 2 rings (SSSR count). The van der Waals surface area contributed by atoms with E-state index in [1.165, 1.54) is 19.4 Å². The summed E-state index contributed by atoms with van der Waals surface area (Å²) in [4.78, 5) is 23.2. The Balaban J connectivity index is 2.18. The number of carbonyl (C=O) groups excluding carboxylic acids is 1. The van der Waals surface area contributed by atoms with Crippen molar-refractivity contribution in [3.63, 3.8) is 0 Å². The monoisotopic (exact) mass is 261 g/mol. The average molecular weight is 261 g/mol. The fraction of sp³-hybridized carbons (Fsp3) is 0.467. The molecule has 0 radical (unpaired) electrons. The van der Waals surface area contributed by atoms with Crippen molar-refractivity contribution in [2.24, 2.45) is 5.41 Å². The number of carboxylic acids is 1. The number of carbonyl (C=O) groups is 2. The molecule has 0 fully saturated rings. The molecule has 102 valence electrons. The number of carboxylic acid groups (broad SMARTS) is 1. The number of rotatable bonds is 3. The summed E-state index contributed by atoms with van der Waals surface area (Å²) in [6.07, 6.45) is 2.89. The van der Waals surface area contributed by atoms with Crippen LogP contribution in [-0.2, 0) is 16.0 Å². The highest BCUT2D eigenvalue weighted by atomic mass is 16.4. The summed E-state index contributed by atoms with van der Waals surface area (Å²) in [5, 5.41) is 12.0. The third-order valence-electron chi connectivity index (χ3n) is 3.78. The van der Waals surface area contributed by atoms with Gasteiger partial charge in [-0.1, -0.05) is 24.3 Å². The van der Waals surface area contributed by atoms with Crippen molar-refractivity contribution in [3.05, 3.63) is 35.4 Å². The quantitative estimate of drug-likeness (QED) is 0.820. The summed E-state index contributed by atoms with van der Waals surface area (Å²) < 4.78 is 0. The lowest BCUT2D eigenvalue weighted by molar-refractivity contribution is -0.153. The van der Waals surface area contributed by atoms with Crippen LogP contribution in [0, 0.1) is 5.41 Å². The second-order valence-corrected chi connectivity index (χ2v) is 5.55. The normalized spacial score (nSPS) is 18.5. The van der Waals surface area contributed by atoms with Gasteiger partial charge in [-0.25, -0.2) is 0 Å². The van der Waals surface area contributed by atoms with Crippen LogP contribution in [0.1, 0.15) is 43.9 Å². The Bertz CT molecular complexity index is 508. The molecule has 0 heterocycles. The first-order valence-electron chi connectivity index (χ1n) is 6.55. The van der Waals surface area contributed by atoms with Gasteiger partial charge >= 0.3 is 5.97 Å². The van der Waals surface area contributed by atoms with Crippen LogP contribution in [0.25, 0.3) is 0 Å². The molecule has 1 aromatic rings. The minimum absolute atomic E-state index is 0.0731. The molecule has 19 heavy (non-hydrogen) atoms. The lowest BCUT2D eigenvalue weighted by atomic mass is 9.86. The Morgan fingerprint density at radius 1 is 1.32 bits per heavy atom. The van der Waals surface area contributed by atoms with Crippen LogP contribution in [0.2, 0.25) is 0 Å². The van der Waals surface area contributed by atoms with E-state index in [9.17, 15) is 9.59 Å². The molecule has 0 saturated heterocycles. The predicted octanol–water partition coefficient (Wildman–Crippen LogP) is 2.29. The fourth-order valence-electron chi connectivity index (χ4n) is 2.34. The zero-order chi connectivity index (χ0) is 14.0. The molecule has 0 bridgehead atoms. The van der Waals surface area contributed by atoms with Gasteiger partial charge < -0.3 is 10.4 Å². The summed E-state index contributed by atoms with van der Waals surface area (Å²) in [5.74, 6) is -1.53. The van der Waals surface area contributed by atoms with Gasteiger partial charge in [-0.3, -0.25) is 9.59 Å². The number of hydrogen-bond donors (Lipinski definition) is 2. The van der Waals surface area contributed by atoms with Crippen molar-refractivity contribution in [2.45, 2.75) is 39.2 Å². The average Bonchev–Trinajstić information content (AvgIpc) is 2.39. The van der Waals surface area contributed by atoms with Crippen LogP contribution in [0.15, 0.2) is 24.3 Å². The number of benzene rings is 1. The van der Waals surface area contributed by atoms with Crippen LogP contribution in [0.3, 0.4) is 0 Å². The number of fused-ring (bicyclic) bond motifs is 1. The van der Waals surface area contributed by atoms with Gasteiger partial charge in [0.25, 0.3) is 0 Å². The van der Waals surface area contributed by atoms with Crippen molar-refractivity contribution < 1.29 is 14.7 Å². The summed E-state index contributed by atoms with van der Waals surface area (Å²) in [7, 11) is 0. The van der Waals surface area contributed by atoms with Crippen LogP contribution in [-0.4, -0.2) is 17.0 Å². The van der Waals surface area contributed by atoms with Crippen LogP contribution < -0.4 is 5.32 Å². The molecule has 1 aliphatic carbocycles. The van der Waals surface area contributed by atoms with Gasteiger partial charge in [0.2, 0.25) is 5.91 Å². The Hall–Kier alpha value is -1.84. The smallest absolute Gasteiger partial charge is 0.318 e. The molecule has 4 heteroatoms. The summed E-state index contributed by atoms with van der Waals surface area (Å²) >= 11 is 0. The molecule has 0 aliphatic heterocycles. The van der Waals surface area contributed by atoms with Gasteiger partial charge in [-0.15, -0.1) is 0 Å². The molecule has 0 spiro atoms. The van der Waals surface area contributed by atoms with Crippen LogP contribution >= 0.6 is 0 Å².